The number of hydrogen-bond acceptors (Lipinski definition) is 6. The van der Waals surface area contributed by atoms with Crippen molar-refractivity contribution in [1.82, 2.24) is 29.3 Å². The van der Waals surface area contributed by atoms with Crippen LogP contribution in [-0.2, 0) is 17.9 Å². The summed E-state index contributed by atoms with van der Waals surface area (Å²) in [5.41, 5.74) is 3.72. The fourth-order valence-corrected chi connectivity index (χ4v) is 3.98. The Hall–Kier alpha value is -4.02. The Morgan fingerprint density at radius 2 is 2.06 bits per heavy atom. The molecule has 180 valence electrons. The van der Waals surface area contributed by atoms with E-state index in [9.17, 15) is 9.18 Å². The first-order chi connectivity index (χ1) is 17.0. The maximum atomic E-state index is 13.6. The number of anilines is 2. The van der Waals surface area contributed by atoms with Crippen molar-refractivity contribution in [1.29, 1.82) is 0 Å². The monoisotopic (exact) mass is 475 g/mol. The van der Waals surface area contributed by atoms with Crippen LogP contribution >= 0.6 is 0 Å². The van der Waals surface area contributed by atoms with E-state index in [1.165, 1.54) is 12.1 Å². The molecule has 2 aromatic carbocycles. The van der Waals surface area contributed by atoms with Gasteiger partial charge >= 0.3 is 5.69 Å². The van der Waals surface area contributed by atoms with Gasteiger partial charge in [-0.3, -0.25) is 9.20 Å². The Morgan fingerprint density at radius 1 is 1.17 bits per heavy atom. The van der Waals surface area contributed by atoms with Crippen LogP contribution in [-0.4, -0.2) is 56.5 Å². The summed E-state index contributed by atoms with van der Waals surface area (Å²) in [6.45, 7) is 2.28. The number of likely N-dealkylation sites (N-methyl/N-ethyl adjacent to an activating group) is 1. The minimum Gasteiger partial charge on any atom is -0.375 e. The third-order valence-electron chi connectivity index (χ3n) is 5.69. The third kappa shape index (κ3) is 5.08. The van der Waals surface area contributed by atoms with Crippen LogP contribution in [0.15, 0.2) is 65.7 Å². The zero-order valence-corrected chi connectivity index (χ0v) is 19.5. The quantitative estimate of drug-likeness (QED) is 0.318. The van der Waals surface area contributed by atoms with Crippen LogP contribution in [0, 0.1) is 5.82 Å². The Morgan fingerprint density at radius 3 is 2.89 bits per heavy atom. The van der Waals surface area contributed by atoms with Gasteiger partial charge in [0.25, 0.3) is 0 Å². The van der Waals surface area contributed by atoms with E-state index in [-0.39, 0.29) is 5.82 Å². The molecule has 0 saturated heterocycles. The molecule has 0 atom stereocenters. The molecule has 0 radical (unpaired) electrons. The molecular formula is C25H26FN7O2. The second-order valence-electron chi connectivity index (χ2n) is 8.62. The van der Waals surface area contributed by atoms with Crippen molar-refractivity contribution in [3.05, 3.63) is 88.4 Å². The van der Waals surface area contributed by atoms with E-state index in [1.54, 1.807) is 23.0 Å². The molecule has 35 heavy (non-hydrogen) atoms. The van der Waals surface area contributed by atoms with Gasteiger partial charge in [-0.1, -0.05) is 12.1 Å². The first kappa shape index (κ1) is 22.8. The highest BCUT2D eigenvalue weighted by Crippen LogP contribution is 2.26. The van der Waals surface area contributed by atoms with Gasteiger partial charge in [0.15, 0.2) is 5.82 Å². The number of halogens is 1. The van der Waals surface area contributed by atoms with Crippen LogP contribution in [0.2, 0.25) is 0 Å². The van der Waals surface area contributed by atoms with E-state index in [1.807, 2.05) is 49.1 Å². The zero-order chi connectivity index (χ0) is 24.4. The predicted octanol–water partition coefficient (Wildman–Crippen LogP) is 3.38. The number of rotatable bonds is 9. The Balaban J connectivity index is 1.40. The molecule has 0 spiro atoms. The molecule has 5 rings (SSSR count). The number of nitrogens with one attached hydrogen (secondary N) is 2. The second-order valence-corrected chi connectivity index (χ2v) is 8.62. The minimum atomic E-state index is -0.459. The fourth-order valence-electron chi connectivity index (χ4n) is 3.98. The van der Waals surface area contributed by atoms with Crippen molar-refractivity contribution < 1.29 is 9.13 Å². The van der Waals surface area contributed by atoms with Crippen molar-refractivity contribution in [3.63, 3.8) is 0 Å². The lowest BCUT2D eigenvalue weighted by atomic mass is 10.2. The van der Waals surface area contributed by atoms with Crippen LogP contribution in [0.1, 0.15) is 11.1 Å². The summed E-state index contributed by atoms with van der Waals surface area (Å²) in [6, 6.07) is 14.2. The number of aromatic amines is 1. The molecule has 0 amide bonds. The number of nitrogens with zero attached hydrogens (tertiary/aromatic N) is 5. The summed E-state index contributed by atoms with van der Waals surface area (Å²) >= 11 is 0. The highest BCUT2D eigenvalue weighted by atomic mass is 19.1. The van der Waals surface area contributed by atoms with Gasteiger partial charge in [0.05, 0.1) is 31.5 Å². The maximum absolute atomic E-state index is 13.6. The minimum absolute atomic E-state index is 0.269. The standard InChI is InChI=1S/C25H26FN7O2/c1-31(2)10-11-35-16-18-8-9-32-23(18)24(29-25(34)30-32)28-21-6-7-22-19(13-21)14-27-33(22)15-17-4-3-5-20(26)12-17/h3-9,12-14H,10-11,15-16H2,1-2H3,(H2,28,29,30,34). The third-order valence-corrected chi connectivity index (χ3v) is 5.69. The van der Waals surface area contributed by atoms with E-state index >= 15 is 0 Å². The molecule has 0 saturated carbocycles. The number of fused-ring (bicyclic) bond motifs is 2. The first-order valence-corrected chi connectivity index (χ1v) is 11.3. The van der Waals surface area contributed by atoms with Crippen LogP contribution < -0.4 is 11.0 Å². The summed E-state index contributed by atoms with van der Waals surface area (Å²) in [5, 5.41) is 11.4. The predicted molar refractivity (Wildman–Crippen MR) is 133 cm³/mol. The highest BCUT2D eigenvalue weighted by Gasteiger charge is 2.13. The Bertz CT molecular complexity index is 1540. The number of ether oxygens (including phenoxy) is 1. The molecule has 10 heteroatoms. The van der Waals surface area contributed by atoms with Gasteiger partial charge in [-0.2, -0.15) is 10.1 Å². The number of aromatic nitrogens is 5. The van der Waals surface area contributed by atoms with Crippen molar-refractivity contribution >= 4 is 27.9 Å². The van der Waals surface area contributed by atoms with Crippen molar-refractivity contribution in [3.8, 4) is 0 Å². The van der Waals surface area contributed by atoms with Crippen molar-refractivity contribution in [2.24, 2.45) is 0 Å². The van der Waals surface area contributed by atoms with Crippen LogP contribution in [0.4, 0.5) is 15.9 Å². The lowest BCUT2D eigenvalue weighted by Gasteiger charge is -2.11. The van der Waals surface area contributed by atoms with Gasteiger partial charge in [0.1, 0.15) is 11.3 Å². The number of hydrogen-bond donors (Lipinski definition) is 2. The van der Waals surface area contributed by atoms with Gasteiger partial charge in [-0.25, -0.2) is 14.3 Å². The molecule has 0 aliphatic rings. The average molecular weight is 476 g/mol. The van der Waals surface area contributed by atoms with Crippen LogP contribution in [0.25, 0.3) is 16.4 Å². The van der Waals surface area contributed by atoms with E-state index in [0.717, 1.165) is 39.8 Å². The first-order valence-electron chi connectivity index (χ1n) is 11.3. The lowest BCUT2D eigenvalue weighted by Crippen LogP contribution is -2.18. The summed E-state index contributed by atoms with van der Waals surface area (Å²) in [4.78, 5) is 18.4. The molecule has 0 fully saturated rings. The molecule has 2 N–H and O–H groups in total. The maximum Gasteiger partial charge on any atom is 0.362 e. The lowest BCUT2D eigenvalue weighted by molar-refractivity contribution is 0.106. The molecule has 3 aromatic heterocycles. The smallest absolute Gasteiger partial charge is 0.362 e. The van der Waals surface area contributed by atoms with Gasteiger partial charge in [0, 0.05) is 29.4 Å². The average Bonchev–Trinajstić information content (AvgIpc) is 3.40. The summed E-state index contributed by atoms with van der Waals surface area (Å²) < 4.78 is 22.8. The van der Waals surface area contributed by atoms with Gasteiger partial charge in [0.2, 0.25) is 0 Å². The molecular weight excluding hydrogens is 449 g/mol. The molecule has 0 aliphatic carbocycles. The molecule has 0 bridgehead atoms. The Labute approximate surface area is 200 Å². The molecule has 3 heterocycles. The van der Waals surface area contributed by atoms with Gasteiger partial charge < -0.3 is 15.0 Å². The second kappa shape index (κ2) is 9.69. The van der Waals surface area contributed by atoms with Gasteiger partial charge in [-0.15, -0.1) is 0 Å². The van der Waals surface area contributed by atoms with E-state index in [4.69, 9.17) is 4.74 Å². The molecule has 5 aromatic rings. The van der Waals surface area contributed by atoms with Crippen molar-refractivity contribution in [2.75, 3.05) is 32.6 Å². The molecule has 0 unspecified atom stereocenters. The van der Waals surface area contributed by atoms with Crippen molar-refractivity contribution in [2.45, 2.75) is 13.2 Å². The summed E-state index contributed by atoms with van der Waals surface area (Å²) in [6.07, 6.45) is 3.55. The number of benzene rings is 2. The zero-order valence-electron chi connectivity index (χ0n) is 19.5. The van der Waals surface area contributed by atoms with E-state index in [2.05, 4.69) is 25.4 Å². The topological polar surface area (TPSA) is 92.5 Å². The molecule has 9 nitrogen and oxygen atoms in total. The Kier molecular flexibility index (Phi) is 6.30. The number of H-pyrrole nitrogens is 1. The fraction of sp³-hybridized carbons (Fsp3) is 0.240. The summed E-state index contributed by atoms with van der Waals surface area (Å²) in [5.74, 6) is 0.173. The van der Waals surface area contributed by atoms with Gasteiger partial charge in [-0.05, 0) is 56.1 Å². The van der Waals surface area contributed by atoms with E-state index in [0.29, 0.717) is 25.6 Å². The van der Waals surface area contributed by atoms with Crippen LogP contribution in [0.3, 0.4) is 0 Å². The summed E-state index contributed by atoms with van der Waals surface area (Å²) in [7, 11) is 3.99. The van der Waals surface area contributed by atoms with E-state index < -0.39 is 5.69 Å². The molecule has 0 aliphatic heterocycles. The van der Waals surface area contributed by atoms with Crippen LogP contribution in [0.5, 0.6) is 0 Å². The SMILES string of the molecule is CN(C)CCOCc1ccn2[nH]c(=O)nc(Nc3ccc4c(cnn4Cc4cccc(F)c4)c3)c12. The normalized spacial score (nSPS) is 11.7. The largest absolute Gasteiger partial charge is 0.375 e. The highest BCUT2D eigenvalue weighted by molar-refractivity contribution is 5.85.